The number of carbonyl (C=O) groups is 1. The Morgan fingerprint density at radius 2 is 2.54 bits per heavy atom. The van der Waals surface area contributed by atoms with Crippen LogP contribution >= 0.6 is 0 Å². The number of amides is 1. The number of nitrogens with one attached hydrogen (secondary N) is 1. The summed E-state index contributed by atoms with van der Waals surface area (Å²) in [5, 5.41) is 2.68. The maximum atomic E-state index is 11.3. The van der Waals surface area contributed by atoms with E-state index in [4.69, 9.17) is 7.85 Å². The Morgan fingerprint density at radius 1 is 1.69 bits per heavy atom. The zero-order valence-electron chi connectivity index (χ0n) is 6.95. The molecule has 2 aliphatic heterocycles. The van der Waals surface area contributed by atoms with E-state index < -0.39 is 0 Å². The van der Waals surface area contributed by atoms with E-state index in [9.17, 15) is 4.79 Å². The van der Waals surface area contributed by atoms with Crippen LogP contribution in [0.25, 0.3) is 0 Å². The van der Waals surface area contributed by atoms with E-state index in [1.807, 2.05) is 12.2 Å². The molecule has 2 heterocycles. The molecule has 0 aromatic heterocycles. The number of amidine groups is 1. The number of rotatable bonds is 1. The second-order valence-electron chi connectivity index (χ2n) is 2.85. The predicted octanol–water partition coefficient (Wildman–Crippen LogP) is 0.326. The molecule has 13 heavy (non-hydrogen) atoms. The molecule has 1 N–H and O–H groups in total. The molecule has 1 amide bonds. The molecule has 0 saturated carbocycles. The highest BCUT2D eigenvalue weighted by Crippen LogP contribution is 2.16. The highest BCUT2D eigenvalue weighted by atomic mass is 16.1. The Kier molecular flexibility index (Phi) is 1.91. The number of carbonyl (C=O) groups excluding carboxylic acids is 1. The zero-order chi connectivity index (χ0) is 9.26. The molecule has 0 aromatic carbocycles. The molecular weight excluding hydrogens is 163 g/mol. The second kappa shape index (κ2) is 3.07. The van der Waals surface area contributed by atoms with Crippen LogP contribution in [0, 0.1) is 5.92 Å². The van der Waals surface area contributed by atoms with Gasteiger partial charge in [0.25, 0.3) is 5.91 Å². The van der Waals surface area contributed by atoms with Crippen LogP contribution in [0.3, 0.4) is 0 Å². The first-order valence-corrected chi connectivity index (χ1v) is 4.02. The van der Waals surface area contributed by atoms with Gasteiger partial charge in [-0.05, 0) is 6.08 Å². The summed E-state index contributed by atoms with van der Waals surface area (Å²) < 4.78 is 0. The van der Waals surface area contributed by atoms with Gasteiger partial charge < -0.3 is 5.32 Å². The number of hydrogen-bond donors (Lipinski definition) is 1. The van der Waals surface area contributed by atoms with Gasteiger partial charge in [-0.3, -0.25) is 4.79 Å². The summed E-state index contributed by atoms with van der Waals surface area (Å²) in [7, 11) is 5.40. The maximum Gasteiger partial charge on any atom is 0.251 e. The number of nitrogens with zero attached hydrogens (tertiary/aromatic N) is 1. The zero-order valence-corrected chi connectivity index (χ0v) is 6.95. The fourth-order valence-electron chi connectivity index (χ4n) is 1.31. The molecule has 2 aliphatic rings. The molecule has 1 atom stereocenters. The normalized spacial score (nSPS) is 24.6. The molecule has 0 aliphatic carbocycles. The van der Waals surface area contributed by atoms with Gasteiger partial charge >= 0.3 is 0 Å². The van der Waals surface area contributed by atoms with Gasteiger partial charge in [-0.15, -0.1) is 5.73 Å². The summed E-state index contributed by atoms with van der Waals surface area (Å²) >= 11 is 0. The van der Waals surface area contributed by atoms with Crippen LogP contribution in [0.15, 0.2) is 34.6 Å². The van der Waals surface area contributed by atoms with Gasteiger partial charge in [0.2, 0.25) is 0 Å². The fraction of sp³-hybridized carbons (Fsp3) is 0.222. The molecule has 0 fully saturated rings. The van der Waals surface area contributed by atoms with E-state index in [0.29, 0.717) is 11.4 Å². The van der Waals surface area contributed by atoms with Crippen molar-refractivity contribution in [2.45, 2.75) is 6.32 Å². The quantitative estimate of drug-likeness (QED) is 0.447. The highest BCUT2D eigenvalue weighted by Gasteiger charge is 2.23. The van der Waals surface area contributed by atoms with Crippen LogP contribution in [0.1, 0.15) is 0 Å². The number of hydrogen-bond acceptors (Lipinski definition) is 2. The largest absolute Gasteiger partial charge is 0.310 e. The van der Waals surface area contributed by atoms with Crippen molar-refractivity contribution >= 4 is 19.6 Å². The van der Waals surface area contributed by atoms with Crippen molar-refractivity contribution in [2.24, 2.45) is 10.9 Å². The smallest absolute Gasteiger partial charge is 0.251 e. The summed E-state index contributed by atoms with van der Waals surface area (Å²) in [5.74, 6) is 0.531. The molecule has 0 aromatic rings. The maximum absolute atomic E-state index is 11.3. The van der Waals surface area contributed by atoms with Gasteiger partial charge in [-0.25, -0.2) is 4.99 Å². The Hall–Kier alpha value is -1.54. The fourth-order valence-corrected chi connectivity index (χ4v) is 1.31. The van der Waals surface area contributed by atoms with Crippen LogP contribution in [0.5, 0.6) is 0 Å². The third-order valence-corrected chi connectivity index (χ3v) is 2.00. The average molecular weight is 170 g/mol. The minimum absolute atomic E-state index is 0.0289. The molecule has 1 unspecified atom stereocenters. The molecule has 2 radical (unpaired) electrons. The average Bonchev–Trinajstić information content (AvgIpc) is 2.17. The van der Waals surface area contributed by atoms with Gasteiger partial charge in [-0.1, -0.05) is 12.4 Å². The third kappa shape index (κ3) is 1.36. The lowest BCUT2D eigenvalue weighted by Gasteiger charge is -2.21. The van der Waals surface area contributed by atoms with Crippen LogP contribution in [0.4, 0.5) is 0 Å². The van der Waals surface area contributed by atoms with Gasteiger partial charge in [0.15, 0.2) is 0 Å². The monoisotopic (exact) mass is 170 g/mol. The Labute approximate surface area is 77.3 Å². The highest BCUT2D eigenvalue weighted by molar-refractivity contribution is 6.19. The van der Waals surface area contributed by atoms with Crippen LogP contribution in [-0.4, -0.2) is 19.6 Å². The topological polar surface area (TPSA) is 41.5 Å². The van der Waals surface area contributed by atoms with Gasteiger partial charge in [0.1, 0.15) is 5.84 Å². The van der Waals surface area contributed by atoms with Crippen molar-refractivity contribution in [1.82, 2.24) is 5.32 Å². The van der Waals surface area contributed by atoms with E-state index >= 15 is 0 Å². The molecule has 0 saturated heterocycles. The lowest BCUT2D eigenvalue weighted by atomic mass is 9.89. The van der Waals surface area contributed by atoms with Gasteiger partial charge in [-0.2, -0.15) is 0 Å². The van der Waals surface area contributed by atoms with E-state index in [1.54, 1.807) is 0 Å². The lowest BCUT2D eigenvalue weighted by molar-refractivity contribution is -0.116. The van der Waals surface area contributed by atoms with Crippen molar-refractivity contribution in [3.63, 3.8) is 0 Å². The summed E-state index contributed by atoms with van der Waals surface area (Å²) in [5.41, 5.74) is 3.47. The van der Waals surface area contributed by atoms with E-state index in [-0.39, 0.29) is 18.1 Å². The van der Waals surface area contributed by atoms with Crippen LogP contribution in [-0.2, 0) is 4.79 Å². The summed E-state index contributed by atoms with van der Waals surface area (Å²) in [6, 6.07) is 0. The predicted molar refractivity (Wildman–Crippen MR) is 50.4 cm³/mol. The number of aliphatic imine (C=N–C) groups is 1. The molecule has 62 valence electrons. The third-order valence-electron chi connectivity index (χ3n) is 2.00. The van der Waals surface area contributed by atoms with Crippen molar-refractivity contribution < 1.29 is 4.79 Å². The lowest BCUT2D eigenvalue weighted by Crippen LogP contribution is -2.40. The molecule has 0 bridgehead atoms. The molecule has 3 nitrogen and oxygen atoms in total. The Morgan fingerprint density at radius 3 is 3.31 bits per heavy atom. The standard InChI is InChI=1S/C9H7BN2O/c10-5-7-4-6-2-1-3-11-8(6)12-9(7)13/h2-4,6H,5H2,(H,11,12,13). The Bertz CT molecular complexity index is 375. The first-order valence-electron chi connectivity index (χ1n) is 4.02. The van der Waals surface area contributed by atoms with Gasteiger partial charge in [0.05, 0.1) is 20.0 Å². The van der Waals surface area contributed by atoms with Crippen molar-refractivity contribution in [3.8, 4) is 0 Å². The molecular formula is C9H7BN2O. The summed E-state index contributed by atoms with van der Waals surface area (Å²) in [6.45, 7) is 0. The van der Waals surface area contributed by atoms with Crippen LogP contribution < -0.4 is 5.32 Å². The number of fused-ring (bicyclic) bond motifs is 1. The van der Waals surface area contributed by atoms with Crippen LogP contribution in [0.2, 0.25) is 6.32 Å². The SMILES string of the molecule is [B]CC1=CC2C=C=CN=C2NC1=O. The van der Waals surface area contributed by atoms with E-state index in [1.165, 1.54) is 6.20 Å². The van der Waals surface area contributed by atoms with Crippen molar-refractivity contribution in [1.29, 1.82) is 0 Å². The first-order chi connectivity index (χ1) is 6.31. The second-order valence-corrected chi connectivity index (χ2v) is 2.85. The minimum Gasteiger partial charge on any atom is -0.310 e. The van der Waals surface area contributed by atoms with Crippen molar-refractivity contribution in [2.75, 3.05) is 0 Å². The summed E-state index contributed by atoms with van der Waals surface area (Å²) in [6.07, 6.45) is 5.45. The minimum atomic E-state index is -0.152. The molecule has 2 rings (SSSR count). The van der Waals surface area contributed by atoms with E-state index in [0.717, 1.165) is 0 Å². The molecule has 4 heteroatoms. The first kappa shape index (κ1) is 8.08. The van der Waals surface area contributed by atoms with Crippen molar-refractivity contribution in [3.05, 3.63) is 29.7 Å². The molecule has 0 spiro atoms. The van der Waals surface area contributed by atoms with E-state index in [2.05, 4.69) is 16.0 Å². The summed E-state index contributed by atoms with van der Waals surface area (Å²) in [4.78, 5) is 15.3. The Balaban J connectivity index is 2.38. The van der Waals surface area contributed by atoms with Gasteiger partial charge in [0, 0.05) is 5.57 Å².